The largest absolute Gasteiger partial charge is 0.316 e. The lowest BCUT2D eigenvalue weighted by Gasteiger charge is -2.26. The minimum atomic E-state index is 0.139. The van der Waals surface area contributed by atoms with Crippen LogP contribution >= 0.6 is 11.6 Å². The molecule has 1 N–H and O–H groups in total. The van der Waals surface area contributed by atoms with E-state index in [4.69, 9.17) is 11.6 Å². The Morgan fingerprint density at radius 3 is 2.67 bits per heavy atom. The molecule has 0 unspecified atom stereocenters. The molecule has 0 aliphatic carbocycles. The Balaban J connectivity index is 2.67. The summed E-state index contributed by atoms with van der Waals surface area (Å²) in [6.07, 6.45) is 1.17. The fourth-order valence-corrected chi connectivity index (χ4v) is 1.78. The SMILES string of the molecule is CCCNCC(C)(C)c1cccc(Cl)c1. The molecule has 2 heteroatoms. The molecule has 1 aromatic rings. The highest BCUT2D eigenvalue weighted by molar-refractivity contribution is 6.30. The molecular formula is C13H20ClN. The molecule has 84 valence electrons. The molecule has 0 aliphatic heterocycles. The lowest BCUT2D eigenvalue weighted by Crippen LogP contribution is -2.33. The Kier molecular flexibility index (Phi) is 4.62. The summed E-state index contributed by atoms with van der Waals surface area (Å²) < 4.78 is 0. The smallest absolute Gasteiger partial charge is 0.0408 e. The summed E-state index contributed by atoms with van der Waals surface area (Å²) in [6, 6.07) is 8.12. The minimum Gasteiger partial charge on any atom is -0.316 e. The van der Waals surface area contributed by atoms with Crippen LogP contribution in [0.5, 0.6) is 0 Å². The van der Waals surface area contributed by atoms with Crippen LogP contribution in [0.1, 0.15) is 32.8 Å². The van der Waals surface area contributed by atoms with Crippen LogP contribution in [0, 0.1) is 0 Å². The maximum atomic E-state index is 5.99. The van der Waals surface area contributed by atoms with E-state index in [1.807, 2.05) is 12.1 Å². The van der Waals surface area contributed by atoms with Gasteiger partial charge in [-0.05, 0) is 30.7 Å². The first-order valence-corrected chi connectivity index (χ1v) is 5.91. The average molecular weight is 226 g/mol. The van der Waals surface area contributed by atoms with Crippen molar-refractivity contribution in [3.8, 4) is 0 Å². The van der Waals surface area contributed by atoms with E-state index in [2.05, 4.69) is 38.2 Å². The van der Waals surface area contributed by atoms with Gasteiger partial charge in [0.2, 0.25) is 0 Å². The molecule has 0 amide bonds. The summed E-state index contributed by atoms with van der Waals surface area (Å²) in [5.74, 6) is 0. The zero-order valence-corrected chi connectivity index (χ0v) is 10.6. The van der Waals surface area contributed by atoms with Gasteiger partial charge in [-0.15, -0.1) is 0 Å². The van der Waals surface area contributed by atoms with Crippen molar-refractivity contribution in [1.82, 2.24) is 5.32 Å². The maximum Gasteiger partial charge on any atom is 0.0408 e. The number of halogens is 1. The Morgan fingerprint density at radius 2 is 2.07 bits per heavy atom. The predicted molar refractivity (Wildman–Crippen MR) is 67.6 cm³/mol. The van der Waals surface area contributed by atoms with Gasteiger partial charge in [0.05, 0.1) is 0 Å². The molecule has 0 spiro atoms. The molecule has 0 aliphatic rings. The van der Waals surface area contributed by atoms with E-state index >= 15 is 0 Å². The molecule has 0 saturated carbocycles. The first-order valence-electron chi connectivity index (χ1n) is 5.53. The van der Waals surface area contributed by atoms with Crippen LogP contribution in [0.3, 0.4) is 0 Å². The highest BCUT2D eigenvalue weighted by Gasteiger charge is 2.19. The molecule has 0 aromatic heterocycles. The van der Waals surface area contributed by atoms with Crippen molar-refractivity contribution in [1.29, 1.82) is 0 Å². The van der Waals surface area contributed by atoms with Crippen molar-refractivity contribution in [3.05, 3.63) is 34.9 Å². The number of hydrogen-bond acceptors (Lipinski definition) is 1. The fourth-order valence-electron chi connectivity index (χ4n) is 1.59. The molecule has 0 heterocycles. The minimum absolute atomic E-state index is 0.139. The monoisotopic (exact) mass is 225 g/mol. The van der Waals surface area contributed by atoms with Crippen molar-refractivity contribution >= 4 is 11.6 Å². The van der Waals surface area contributed by atoms with E-state index in [0.717, 1.165) is 18.1 Å². The third-order valence-corrected chi connectivity index (χ3v) is 2.83. The van der Waals surface area contributed by atoms with E-state index in [1.54, 1.807) is 0 Å². The first kappa shape index (κ1) is 12.5. The Hall–Kier alpha value is -0.530. The summed E-state index contributed by atoms with van der Waals surface area (Å²) in [7, 11) is 0. The van der Waals surface area contributed by atoms with E-state index in [-0.39, 0.29) is 5.41 Å². The number of hydrogen-bond donors (Lipinski definition) is 1. The van der Waals surface area contributed by atoms with Crippen LogP contribution in [0.25, 0.3) is 0 Å². The second kappa shape index (κ2) is 5.53. The van der Waals surface area contributed by atoms with Crippen molar-refractivity contribution in [3.63, 3.8) is 0 Å². The van der Waals surface area contributed by atoms with Gasteiger partial charge in [0.15, 0.2) is 0 Å². The second-order valence-corrected chi connectivity index (χ2v) is 5.01. The lowest BCUT2D eigenvalue weighted by atomic mass is 9.84. The van der Waals surface area contributed by atoms with Crippen LogP contribution in [0.4, 0.5) is 0 Å². The molecular weight excluding hydrogens is 206 g/mol. The summed E-state index contributed by atoms with van der Waals surface area (Å²) in [5.41, 5.74) is 1.43. The van der Waals surface area contributed by atoms with E-state index in [9.17, 15) is 0 Å². The van der Waals surface area contributed by atoms with Gasteiger partial charge in [0, 0.05) is 17.0 Å². The van der Waals surface area contributed by atoms with Crippen LogP contribution < -0.4 is 5.32 Å². The Morgan fingerprint density at radius 1 is 1.33 bits per heavy atom. The van der Waals surface area contributed by atoms with Crippen LogP contribution in [-0.2, 0) is 5.41 Å². The molecule has 15 heavy (non-hydrogen) atoms. The number of nitrogens with one attached hydrogen (secondary N) is 1. The van der Waals surface area contributed by atoms with Gasteiger partial charge in [-0.3, -0.25) is 0 Å². The number of benzene rings is 1. The summed E-state index contributed by atoms with van der Waals surface area (Å²) in [5, 5.41) is 4.27. The molecule has 1 nitrogen and oxygen atoms in total. The molecule has 1 rings (SSSR count). The van der Waals surface area contributed by atoms with Crippen molar-refractivity contribution in [2.45, 2.75) is 32.6 Å². The van der Waals surface area contributed by atoms with Crippen LogP contribution in [0.15, 0.2) is 24.3 Å². The standard InChI is InChI=1S/C13H20ClN/c1-4-8-15-10-13(2,3)11-6-5-7-12(14)9-11/h5-7,9,15H,4,8,10H2,1-3H3. The van der Waals surface area contributed by atoms with Gasteiger partial charge in [-0.25, -0.2) is 0 Å². The zero-order chi connectivity index (χ0) is 11.3. The van der Waals surface area contributed by atoms with Gasteiger partial charge in [0.25, 0.3) is 0 Å². The van der Waals surface area contributed by atoms with Crippen LogP contribution in [0.2, 0.25) is 5.02 Å². The van der Waals surface area contributed by atoms with E-state index in [1.165, 1.54) is 12.0 Å². The Bertz CT molecular complexity index is 307. The van der Waals surface area contributed by atoms with Crippen molar-refractivity contribution < 1.29 is 0 Å². The maximum absolute atomic E-state index is 5.99. The molecule has 1 aromatic carbocycles. The van der Waals surface area contributed by atoms with Crippen molar-refractivity contribution in [2.75, 3.05) is 13.1 Å². The first-order chi connectivity index (χ1) is 7.06. The molecule has 0 atom stereocenters. The summed E-state index contributed by atoms with van der Waals surface area (Å²) >= 11 is 5.99. The third kappa shape index (κ3) is 3.84. The molecule has 0 radical (unpaired) electrons. The zero-order valence-electron chi connectivity index (χ0n) is 9.81. The second-order valence-electron chi connectivity index (χ2n) is 4.57. The van der Waals surface area contributed by atoms with Gasteiger partial charge < -0.3 is 5.32 Å². The van der Waals surface area contributed by atoms with E-state index in [0.29, 0.717) is 0 Å². The number of rotatable bonds is 5. The molecule has 0 saturated heterocycles. The summed E-state index contributed by atoms with van der Waals surface area (Å²) in [6.45, 7) is 8.72. The van der Waals surface area contributed by atoms with E-state index < -0.39 is 0 Å². The lowest BCUT2D eigenvalue weighted by molar-refractivity contribution is 0.469. The normalized spacial score (nSPS) is 11.7. The van der Waals surface area contributed by atoms with Gasteiger partial charge >= 0.3 is 0 Å². The average Bonchev–Trinajstić information content (AvgIpc) is 2.18. The third-order valence-electron chi connectivity index (χ3n) is 2.60. The molecule has 0 fully saturated rings. The van der Waals surface area contributed by atoms with Crippen LogP contribution in [-0.4, -0.2) is 13.1 Å². The highest BCUT2D eigenvalue weighted by atomic mass is 35.5. The quantitative estimate of drug-likeness (QED) is 0.755. The highest BCUT2D eigenvalue weighted by Crippen LogP contribution is 2.24. The van der Waals surface area contributed by atoms with Crippen molar-refractivity contribution in [2.24, 2.45) is 0 Å². The predicted octanol–water partition coefficient (Wildman–Crippen LogP) is 3.62. The summed E-state index contributed by atoms with van der Waals surface area (Å²) in [4.78, 5) is 0. The topological polar surface area (TPSA) is 12.0 Å². The fraction of sp³-hybridized carbons (Fsp3) is 0.538. The Labute approximate surface area is 97.8 Å². The van der Waals surface area contributed by atoms with Gasteiger partial charge in [0.1, 0.15) is 0 Å². The van der Waals surface area contributed by atoms with Gasteiger partial charge in [-0.1, -0.05) is 44.5 Å². The molecule has 0 bridgehead atoms. The van der Waals surface area contributed by atoms with Gasteiger partial charge in [-0.2, -0.15) is 0 Å².